The predicted octanol–water partition coefficient (Wildman–Crippen LogP) is 5.53. The molecule has 0 fully saturated rings. The highest BCUT2D eigenvalue weighted by atomic mass is 32.2. The van der Waals surface area contributed by atoms with Crippen LogP contribution >= 0.6 is 0 Å². The number of nitrogens with one attached hydrogen (secondary N) is 1. The van der Waals surface area contributed by atoms with Crippen LogP contribution in [-0.2, 0) is 26.2 Å². The van der Waals surface area contributed by atoms with E-state index in [1.54, 1.807) is 30.3 Å². The van der Waals surface area contributed by atoms with Crippen LogP contribution in [0.3, 0.4) is 0 Å². The molecule has 0 aliphatic heterocycles. The molecule has 7 nitrogen and oxygen atoms in total. The standard InChI is InChI=1S/C32H41N3O4S/c1-7-26(6)33-32(37)30(8-2)34(21-27-16-14-23(3)15-17-27)31(36)22-35(28-19-24(4)18-25(5)20-28)40(38,39)29-12-10-9-11-13-29/h9-20,26,30H,7-8,21-22H2,1-6H3,(H,33,37)/t26-,30+/m1/s1. The topological polar surface area (TPSA) is 86.8 Å². The van der Waals surface area contributed by atoms with Gasteiger partial charge in [0, 0.05) is 12.6 Å². The summed E-state index contributed by atoms with van der Waals surface area (Å²) < 4.78 is 29.0. The fraction of sp³-hybridized carbons (Fsp3) is 0.375. The number of amides is 2. The summed E-state index contributed by atoms with van der Waals surface area (Å²) in [6.45, 7) is 11.3. The summed E-state index contributed by atoms with van der Waals surface area (Å²) >= 11 is 0. The Kier molecular flexibility index (Phi) is 10.5. The normalized spacial score (nSPS) is 12.8. The summed E-state index contributed by atoms with van der Waals surface area (Å²) in [6.07, 6.45) is 1.14. The highest BCUT2D eigenvalue weighted by molar-refractivity contribution is 7.92. The molecule has 3 aromatic carbocycles. The first-order valence-corrected chi connectivity index (χ1v) is 15.2. The third-order valence-corrected chi connectivity index (χ3v) is 8.75. The van der Waals surface area contributed by atoms with E-state index in [4.69, 9.17) is 0 Å². The molecule has 40 heavy (non-hydrogen) atoms. The van der Waals surface area contributed by atoms with Crippen LogP contribution in [0, 0.1) is 20.8 Å². The van der Waals surface area contributed by atoms with E-state index in [0.29, 0.717) is 12.1 Å². The number of sulfonamides is 1. The molecule has 2 atom stereocenters. The molecule has 0 bridgehead atoms. The molecule has 0 saturated heterocycles. The Morgan fingerprint density at radius 3 is 1.98 bits per heavy atom. The second-order valence-electron chi connectivity index (χ2n) is 10.4. The molecule has 8 heteroatoms. The van der Waals surface area contributed by atoms with E-state index in [2.05, 4.69) is 5.32 Å². The zero-order valence-electron chi connectivity index (χ0n) is 24.3. The van der Waals surface area contributed by atoms with Crippen molar-refractivity contribution in [3.63, 3.8) is 0 Å². The molecule has 214 valence electrons. The van der Waals surface area contributed by atoms with Crippen LogP contribution in [0.25, 0.3) is 0 Å². The average molecular weight is 564 g/mol. The molecular formula is C32H41N3O4S. The van der Waals surface area contributed by atoms with E-state index in [1.165, 1.54) is 17.0 Å². The largest absolute Gasteiger partial charge is 0.352 e. The number of carbonyl (C=O) groups excluding carboxylic acids is 2. The van der Waals surface area contributed by atoms with Crippen LogP contribution in [0.2, 0.25) is 0 Å². The Labute approximate surface area is 239 Å². The van der Waals surface area contributed by atoms with Crippen LogP contribution < -0.4 is 9.62 Å². The van der Waals surface area contributed by atoms with E-state index in [1.807, 2.05) is 71.9 Å². The molecule has 0 spiro atoms. The van der Waals surface area contributed by atoms with E-state index in [9.17, 15) is 18.0 Å². The van der Waals surface area contributed by atoms with Crippen molar-refractivity contribution in [3.8, 4) is 0 Å². The van der Waals surface area contributed by atoms with Crippen molar-refractivity contribution in [1.82, 2.24) is 10.2 Å². The van der Waals surface area contributed by atoms with Crippen molar-refractivity contribution >= 4 is 27.5 Å². The second kappa shape index (κ2) is 13.6. The van der Waals surface area contributed by atoms with Crippen molar-refractivity contribution in [3.05, 3.63) is 95.1 Å². The van der Waals surface area contributed by atoms with Gasteiger partial charge in [-0.25, -0.2) is 8.42 Å². The van der Waals surface area contributed by atoms with Gasteiger partial charge in [-0.05, 0) is 81.5 Å². The lowest BCUT2D eigenvalue weighted by atomic mass is 10.1. The lowest BCUT2D eigenvalue weighted by molar-refractivity contribution is -0.140. The van der Waals surface area contributed by atoms with Crippen molar-refractivity contribution in [2.24, 2.45) is 0 Å². The van der Waals surface area contributed by atoms with Crippen LogP contribution in [0.1, 0.15) is 55.9 Å². The number of hydrogen-bond donors (Lipinski definition) is 1. The Balaban J connectivity index is 2.07. The number of aryl methyl sites for hydroxylation is 3. The Bertz CT molecular complexity index is 1390. The number of rotatable bonds is 12. The van der Waals surface area contributed by atoms with E-state index in [-0.39, 0.29) is 23.4 Å². The third kappa shape index (κ3) is 7.72. The Morgan fingerprint density at radius 1 is 0.825 bits per heavy atom. The number of hydrogen-bond acceptors (Lipinski definition) is 4. The van der Waals surface area contributed by atoms with Gasteiger partial charge in [-0.2, -0.15) is 0 Å². The molecule has 3 aromatic rings. The molecule has 3 rings (SSSR count). The lowest BCUT2D eigenvalue weighted by Gasteiger charge is -2.34. The first-order chi connectivity index (χ1) is 19.0. The lowest BCUT2D eigenvalue weighted by Crippen LogP contribution is -2.53. The summed E-state index contributed by atoms with van der Waals surface area (Å²) in [5.41, 5.74) is 4.11. The van der Waals surface area contributed by atoms with E-state index < -0.39 is 28.5 Å². The minimum atomic E-state index is -4.09. The van der Waals surface area contributed by atoms with E-state index >= 15 is 0 Å². The number of nitrogens with zero attached hydrogens (tertiary/aromatic N) is 2. The average Bonchev–Trinajstić information content (AvgIpc) is 2.92. The summed E-state index contributed by atoms with van der Waals surface area (Å²) in [5.74, 6) is -0.702. The number of benzene rings is 3. The maximum absolute atomic E-state index is 14.1. The SMILES string of the molecule is CC[C@@H](C)NC(=O)[C@H](CC)N(Cc1ccc(C)cc1)C(=O)CN(c1cc(C)cc(C)c1)S(=O)(=O)c1ccccc1. The summed E-state index contributed by atoms with van der Waals surface area (Å²) in [5, 5.41) is 3.00. The van der Waals surface area contributed by atoms with Gasteiger partial charge in [0.1, 0.15) is 12.6 Å². The Hall–Kier alpha value is -3.65. The maximum Gasteiger partial charge on any atom is 0.264 e. The molecule has 0 unspecified atom stereocenters. The number of anilines is 1. The first kappa shape index (κ1) is 30.9. The van der Waals surface area contributed by atoms with Gasteiger partial charge in [-0.15, -0.1) is 0 Å². The molecule has 2 amide bonds. The monoisotopic (exact) mass is 563 g/mol. The smallest absolute Gasteiger partial charge is 0.264 e. The zero-order valence-corrected chi connectivity index (χ0v) is 25.2. The second-order valence-corrected chi connectivity index (χ2v) is 12.3. The van der Waals surface area contributed by atoms with Gasteiger partial charge in [-0.1, -0.05) is 67.9 Å². The minimum absolute atomic E-state index is 0.0527. The zero-order chi connectivity index (χ0) is 29.4. The molecule has 0 aromatic heterocycles. The quantitative estimate of drug-likeness (QED) is 0.314. The summed E-state index contributed by atoms with van der Waals surface area (Å²) in [4.78, 5) is 29.1. The third-order valence-electron chi connectivity index (χ3n) is 6.96. The van der Waals surface area contributed by atoms with Crippen molar-refractivity contribution < 1.29 is 18.0 Å². The van der Waals surface area contributed by atoms with Gasteiger partial charge >= 0.3 is 0 Å². The molecule has 1 N–H and O–H groups in total. The van der Waals surface area contributed by atoms with Crippen LogP contribution in [0.15, 0.2) is 77.7 Å². The maximum atomic E-state index is 14.1. The molecule has 0 radical (unpaired) electrons. The molecule has 0 saturated carbocycles. The van der Waals surface area contributed by atoms with E-state index in [0.717, 1.165) is 33.0 Å². The van der Waals surface area contributed by atoms with Gasteiger partial charge in [-0.3, -0.25) is 13.9 Å². The van der Waals surface area contributed by atoms with Gasteiger partial charge in [0.05, 0.1) is 10.6 Å². The van der Waals surface area contributed by atoms with Crippen LogP contribution in [0.4, 0.5) is 5.69 Å². The van der Waals surface area contributed by atoms with Crippen LogP contribution in [-0.4, -0.2) is 43.8 Å². The van der Waals surface area contributed by atoms with Gasteiger partial charge in [0.2, 0.25) is 11.8 Å². The van der Waals surface area contributed by atoms with Gasteiger partial charge in [0.15, 0.2) is 0 Å². The summed E-state index contributed by atoms with van der Waals surface area (Å²) in [7, 11) is -4.09. The molecular weight excluding hydrogens is 522 g/mol. The Morgan fingerprint density at radius 2 is 1.43 bits per heavy atom. The fourth-order valence-corrected chi connectivity index (χ4v) is 6.01. The summed E-state index contributed by atoms with van der Waals surface area (Å²) in [6, 6.07) is 20.5. The first-order valence-electron chi connectivity index (χ1n) is 13.8. The molecule has 0 aliphatic carbocycles. The van der Waals surface area contributed by atoms with Gasteiger partial charge < -0.3 is 10.2 Å². The van der Waals surface area contributed by atoms with Crippen molar-refractivity contribution in [2.45, 2.75) is 77.9 Å². The van der Waals surface area contributed by atoms with Crippen LogP contribution in [0.5, 0.6) is 0 Å². The van der Waals surface area contributed by atoms with Crippen molar-refractivity contribution in [2.75, 3.05) is 10.8 Å². The van der Waals surface area contributed by atoms with Gasteiger partial charge in [0.25, 0.3) is 10.0 Å². The molecule has 0 aliphatic rings. The highest BCUT2D eigenvalue weighted by Gasteiger charge is 2.34. The number of carbonyl (C=O) groups is 2. The van der Waals surface area contributed by atoms with Crippen molar-refractivity contribution in [1.29, 1.82) is 0 Å². The predicted molar refractivity (Wildman–Crippen MR) is 161 cm³/mol. The minimum Gasteiger partial charge on any atom is -0.352 e. The fourth-order valence-electron chi connectivity index (χ4n) is 4.59. The molecule has 0 heterocycles. The highest BCUT2D eigenvalue weighted by Crippen LogP contribution is 2.27.